The Morgan fingerprint density at radius 2 is 1.95 bits per heavy atom. The first-order valence-electron chi connectivity index (χ1n) is 6.09. The van der Waals surface area contributed by atoms with E-state index in [0.717, 1.165) is 0 Å². The van der Waals surface area contributed by atoms with E-state index >= 15 is 0 Å². The highest BCUT2D eigenvalue weighted by molar-refractivity contribution is 7.89. The molecule has 1 fully saturated rings. The standard InChI is InChI=1S/C11H19N3O4S/c1-10(9-12)13-4-6-14(7-5-13)19(16,17)8-3-11(15)18-2/h10H,3-8H2,1-2H3. The number of carbonyl (C=O) groups is 1. The Morgan fingerprint density at radius 3 is 2.42 bits per heavy atom. The van der Waals surface area contributed by atoms with Crippen LogP contribution in [-0.2, 0) is 19.6 Å². The number of hydrogen-bond acceptors (Lipinski definition) is 6. The summed E-state index contributed by atoms with van der Waals surface area (Å²) in [5.74, 6) is -0.756. The molecule has 108 valence electrons. The van der Waals surface area contributed by atoms with Gasteiger partial charge in [-0.2, -0.15) is 9.57 Å². The van der Waals surface area contributed by atoms with Crippen molar-refractivity contribution in [3.05, 3.63) is 0 Å². The number of esters is 1. The summed E-state index contributed by atoms with van der Waals surface area (Å²) in [7, 11) is -2.19. The minimum Gasteiger partial charge on any atom is -0.469 e. The molecule has 0 aromatic heterocycles. The molecule has 7 nitrogen and oxygen atoms in total. The van der Waals surface area contributed by atoms with Crippen molar-refractivity contribution in [2.24, 2.45) is 0 Å². The molecule has 8 heteroatoms. The van der Waals surface area contributed by atoms with Crippen molar-refractivity contribution in [2.75, 3.05) is 39.0 Å². The van der Waals surface area contributed by atoms with E-state index < -0.39 is 16.0 Å². The third-order valence-electron chi connectivity index (χ3n) is 3.19. The lowest BCUT2D eigenvalue weighted by atomic mass is 10.2. The van der Waals surface area contributed by atoms with E-state index in [0.29, 0.717) is 26.2 Å². The Bertz CT molecular complexity index is 449. The maximum atomic E-state index is 12.0. The predicted octanol–water partition coefficient (Wildman–Crippen LogP) is -0.591. The Morgan fingerprint density at radius 1 is 1.37 bits per heavy atom. The van der Waals surface area contributed by atoms with Gasteiger partial charge in [0.2, 0.25) is 10.0 Å². The summed E-state index contributed by atoms with van der Waals surface area (Å²) in [6.45, 7) is 3.57. The normalized spacial score (nSPS) is 19.6. The SMILES string of the molecule is COC(=O)CCS(=O)(=O)N1CCN(C(C)C#N)CC1. The maximum absolute atomic E-state index is 12.0. The van der Waals surface area contributed by atoms with Crippen LogP contribution in [0, 0.1) is 11.3 Å². The van der Waals surface area contributed by atoms with E-state index in [-0.39, 0.29) is 18.2 Å². The summed E-state index contributed by atoms with van der Waals surface area (Å²) in [5.41, 5.74) is 0. The molecule has 1 rings (SSSR count). The first kappa shape index (κ1) is 15.9. The zero-order valence-corrected chi connectivity index (χ0v) is 12.0. The summed E-state index contributed by atoms with van der Waals surface area (Å²) >= 11 is 0. The predicted molar refractivity (Wildman–Crippen MR) is 68.6 cm³/mol. The molecule has 0 radical (unpaired) electrons. The van der Waals surface area contributed by atoms with Gasteiger partial charge in [0.25, 0.3) is 0 Å². The van der Waals surface area contributed by atoms with E-state index in [1.54, 1.807) is 6.92 Å². The summed E-state index contributed by atoms with van der Waals surface area (Å²) in [6.07, 6.45) is -0.131. The molecule has 0 amide bonds. The van der Waals surface area contributed by atoms with Crippen LogP contribution in [0.2, 0.25) is 0 Å². The monoisotopic (exact) mass is 289 g/mol. The van der Waals surface area contributed by atoms with Crippen molar-refractivity contribution >= 4 is 16.0 Å². The Kier molecular flexibility index (Phi) is 5.72. The molecule has 1 heterocycles. The Balaban J connectivity index is 2.50. The van der Waals surface area contributed by atoms with Crippen LogP contribution in [-0.4, -0.2) is 68.7 Å². The van der Waals surface area contributed by atoms with Crippen molar-refractivity contribution < 1.29 is 17.9 Å². The van der Waals surface area contributed by atoms with Crippen molar-refractivity contribution in [2.45, 2.75) is 19.4 Å². The number of piperazine rings is 1. The Hall–Kier alpha value is -1.17. The van der Waals surface area contributed by atoms with Crippen LogP contribution in [0.1, 0.15) is 13.3 Å². The molecule has 0 aromatic carbocycles. The summed E-state index contributed by atoms with van der Waals surface area (Å²) in [4.78, 5) is 12.9. The topological polar surface area (TPSA) is 90.7 Å². The molecular weight excluding hydrogens is 270 g/mol. The fourth-order valence-corrected chi connectivity index (χ4v) is 3.30. The first-order chi connectivity index (χ1) is 8.90. The fourth-order valence-electron chi connectivity index (χ4n) is 1.89. The van der Waals surface area contributed by atoms with Gasteiger partial charge in [-0.05, 0) is 6.92 Å². The molecule has 0 spiro atoms. The lowest BCUT2D eigenvalue weighted by Gasteiger charge is -2.35. The number of ether oxygens (including phenoxy) is 1. The number of hydrogen-bond donors (Lipinski definition) is 0. The van der Waals surface area contributed by atoms with Gasteiger partial charge in [0, 0.05) is 26.2 Å². The summed E-state index contributed by atoms with van der Waals surface area (Å²) in [6, 6.07) is 1.92. The number of sulfonamides is 1. The third-order valence-corrected chi connectivity index (χ3v) is 5.06. The van der Waals surface area contributed by atoms with E-state index in [2.05, 4.69) is 10.8 Å². The van der Waals surface area contributed by atoms with Crippen LogP contribution in [0.15, 0.2) is 0 Å². The van der Waals surface area contributed by atoms with Gasteiger partial charge < -0.3 is 4.74 Å². The molecule has 1 aliphatic rings. The summed E-state index contributed by atoms with van der Waals surface area (Å²) in [5, 5.41) is 8.81. The molecular formula is C11H19N3O4S. The van der Waals surface area contributed by atoms with Crippen LogP contribution >= 0.6 is 0 Å². The molecule has 19 heavy (non-hydrogen) atoms. The second kappa shape index (κ2) is 6.84. The molecule has 1 aliphatic heterocycles. The van der Waals surface area contributed by atoms with Gasteiger partial charge in [0.15, 0.2) is 0 Å². The van der Waals surface area contributed by atoms with Gasteiger partial charge in [-0.15, -0.1) is 0 Å². The molecule has 0 aliphatic carbocycles. The van der Waals surface area contributed by atoms with Crippen LogP contribution < -0.4 is 0 Å². The smallest absolute Gasteiger partial charge is 0.306 e. The van der Waals surface area contributed by atoms with E-state index in [4.69, 9.17) is 5.26 Å². The Labute approximate surface area is 113 Å². The van der Waals surface area contributed by atoms with Crippen LogP contribution in [0.25, 0.3) is 0 Å². The van der Waals surface area contributed by atoms with Gasteiger partial charge in [-0.25, -0.2) is 8.42 Å². The van der Waals surface area contributed by atoms with E-state index in [1.807, 2.05) is 4.90 Å². The number of methoxy groups -OCH3 is 1. The zero-order chi connectivity index (χ0) is 14.5. The lowest BCUT2D eigenvalue weighted by Crippen LogP contribution is -2.51. The summed E-state index contributed by atoms with van der Waals surface area (Å²) < 4.78 is 29.8. The van der Waals surface area contributed by atoms with Crippen molar-refractivity contribution in [1.82, 2.24) is 9.21 Å². The van der Waals surface area contributed by atoms with E-state index in [9.17, 15) is 13.2 Å². The van der Waals surface area contributed by atoms with Gasteiger partial charge >= 0.3 is 5.97 Å². The van der Waals surface area contributed by atoms with Crippen molar-refractivity contribution in [1.29, 1.82) is 5.26 Å². The largest absolute Gasteiger partial charge is 0.469 e. The zero-order valence-electron chi connectivity index (χ0n) is 11.2. The van der Waals surface area contributed by atoms with Gasteiger partial charge in [0.1, 0.15) is 0 Å². The van der Waals surface area contributed by atoms with Crippen LogP contribution in [0.3, 0.4) is 0 Å². The number of carbonyl (C=O) groups excluding carboxylic acids is 1. The van der Waals surface area contributed by atoms with Crippen LogP contribution in [0.4, 0.5) is 0 Å². The average Bonchev–Trinajstić information content (AvgIpc) is 2.44. The molecule has 0 N–H and O–H groups in total. The second-order valence-electron chi connectivity index (χ2n) is 4.38. The van der Waals surface area contributed by atoms with E-state index in [1.165, 1.54) is 11.4 Å². The molecule has 0 bridgehead atoms. The highest BCUT2D eigenvalue weighted by Gasteiger charge is 2.28. The minimum absolute atomic E-state index is 0.131. The maximum Gasteiger partial charge on any atom is 0.306 e. The highest BCUT2D eigenvalue weighted by atomic mass is 32.2. The van der Waals surface area contributed by atoms with Gasteiger partial charge in [-0.3, -0.25) is 9.69 Å². The first-order valence-corrected chi connectivity index (χ1v) is 7.70. The van der Waals surface area contributed by atoms with Crippen LogP contribution in [0.5, 0.6) is 0 Å². The molecule has 0 aromatic rings. The highest BCUT2D eigenvalue weighted by Crippen LogP contribution is 2.11. The van der Waals surface area contributed by atoms with Gasteiger partial charge in [-0.1, -0.05) is 0 Å². The number of nitrogens with zero attached hydrogens (tertiary/aromatic N) is 3. The number of nitriles is 1. The lowest BCUT2D eigenvalue weighted by molar-refractivity contribution is -0.140. The van der Waals surface area contributed by atoms with Crippen molar-refractivity contribution in [3.63, 3.8) is 0 Å². The third kappa shape index (κ3) is 4.45. The molecule has 0 saturated carbocycles. The minimum atomic E-state index is -3.42. The molecule has 1 saturated heterocycles. The fraction of sp³-hybridized carbons (Fsp3) is 0.818. The van der Waals surface area contributed by atoms with Gasteiger partial charge in [0.05, 0.1) is 31.4 Å². The van der Waals surface area contributed by atoms with Crippen molar-refractivity contribution in [3.8, 4) is 6.07 Å². The quantitative estimate of drug-likeness (QED) is 0.628. The average molecular weight is 289 g/mol. The second-order valence-corrected chi connectivity index (χ2v) is 6.47. The molecule has 1 unspecified atom stereocenters. The molecule has 1 atom stereocenters. The number of rotatable bonds is 5.